The molecule has 2 atom stereocenters. The fraction of sp³-hybridized carbons (Fsp3) is 0.632. The van der Waals surface area contributed by atoms with Crippen molar-refractivity contribution in [1.29, 1.82) is 0 Å². The van der Waals surface area contributed by atoms with E-state index in [-0.39, 0.29) is 6.10 Å². The molecule has 2 bridgehead atoms. The molecule has 124 valence electrons. The minimum absolute atomic E-state index is 0.220. The van der Waals surface area contributed by atoms with Crippen LogP contribution in [0.4, 0.5) is 0 Å². The second-order valence-corrected chi connectivity index (χ2v) is 6.86. The maximum absolute atomic E-state index is 6.39. The number of nitrogens with zero attached hydrogens (tertiary/aromatic N) is 2. The molecule has 1 aromatic carbocycles. The molecule has 4 heteroatoms. The third-order valence-corrected chi connectivity index (χ3v) is 5.48. The maximum atomic E-state index is 6.39. The van der Waals surface area contributed by atoms with Gasteiger partial charge in [0, 0.05) is 20.0 Å². The van der Waals surface area contributed by atoms with Gasteiger partial charge < -0.3 is 4.74 Å². The summed E-state index contributed by atoms with van der Waals surface area (Å²) >= 11 is 0. The second kappa shape index (κ2) is 6.25. The lowest BCUT2D eigenvalue weighted by atomic mass is 10.1. The van der Waals surface area contributed by atoms with Gasteiger partial charge in [-0.25, -0.2) is 4.90 Å². The normalized spacial score (nSPS) is 30.3. The lowest BCUT2D eigenvalue weighted by Gasteiger charge is -2.32. The molecule has 0 spiro atoms. The Morgan fingerprint density at radius 2 is 2.00 bits per heavy atom. The van der Waals surface area contributed by atoms with E-state index in [9.17, 15) is 0 Å². The van der Waals surface area contributed by atoms with Gasteiger partial charge in [-0.15, -0.1) is 0 Å². The molecule has 0 N–H and O–H groups in total. The van der Waals surface area contributed by atoms with E-state index in [1.54, 1.807) is 7.11 Å². The second-order valence-electron chi connectivity index (χ2n) is 6.86. The summed E-state index contributed by atoms with van der Waals surface area (Å²) in [5, 5.41) is 0. The van der Waals surface area contributed by atoms with Crippen LogP contribution >= 0.6 is 0 Å². The van der Waals surface area contributed by atoms with Gasteiger partial charge >= 0.3 is 5.91 Å². The molecule has 0 radical (unpaired) electrons. The first kappa shape index (κ1) is 15.2. The van der Waals surface area contributed by atoms with Gasteiger partial charge in [0.25, 0.3) is 5.84 Å². The molecule has 0 aromatic heterocycles. The summed E-state index contributed by atoms with van der Waals surface area (Å²) in [5.74, 6) is 0.855. The Bertz CT molecular complexity index is 578. The summed E-state index contributed by atoms with van der Waals surface area (Å²) < 4.78 is 14.8. The van der Waals surface area contributed by atoms with Crippen molar-refractivity contribution in [3.8, 4) is 0 Å². The van der Waals surface area contributed by atoms with E-state index < -0.39 is 5.91 Å². The SMILES string of the molecule is CO[C@@]12CCC[C@@H](O1)C(=[N+]1CCCC1)N2CCc1ccccc1. The molecule has 3 aliphatic rings. The Morgan fingerprint density at radius 3 is 2.74 bits per heavy atom. The molecule has 1 aromatic rings. The maximum Gasteiger partial charge on any atom is 0.323 e. The van der Waals surface area contributed by atoms with Crippen molar-refractivity contribution in [2.45, 2.75) is 50.5 Å². The highest BCUT2D eigenvalue weighted by Gasteiger charge is 2.60. The molecule has 4 nitrogen and oxygen atoms in total. The number of fused-ring (bicyclic) bond motifs is 2. The van der Waals surface area contributed by atoms with E-state index in [2.05, 4.69) is 39.8 Å². The van der Waals surface area contributed by atoms with Crippen molar-refractivity contribution in [3.05, 3.63) is 35.9 Å². The lowest BCUT2D eigenvalue weighted by molar-refractivity contribution is -0.512. The van der Waals surface area contributed by atoms with Crippen LogP contribution in [0.15, 0.2) is 30.3 Å². The zero-order chi connectivity index (χ0) is 15.7. The van der Waals surface area contributed by atoms with Crippen molar-refractivity contribution in [2.24, 2.45) is 0 Å². The summed E-state index contributed by atoms with van der Waals surface area (Å²) in [6.45, 7) is 3.29. The number of amidine groups is 1. The van der Waals surface area contributed by atoms with Crippen LogP contribution in [0, 0.1) is 0 Å². The molecule has 0 aliphatic carbocycles. The minimum Gasteiger partial charge on any atom is -0.318 e. The van der Waals surface area contributed by atoms with Crippen molar-refractivity contribution < 1.29 is 14.0 Å². The third kappa shape index (κ3) is 2.68. The highest BCUT2D eigenvalue weighted by atomic mass is 16.7. The van der Waals surface area contributed by atoms with Crippen molar-refractivity contribution >= 4 is 5.84 Å². The molecule has 3 aliphatic heterocycles. The summed E-state index contributed by atoms with van der Waals surface area (Å²) in [7, 11) is 1.80. The minimum atomic E-state index is -0.532. The standard InChI is InChI=1S/C19H27N2O2/c1-22-19-12-7-10-17(23-19)18(20-13-5-6-14-20)21(19)15-11-16-8-3-2-4-9-16/h2-4,8-9,17H,5-7,10-15H2,1H3/q+1/t17-,19+/m1/s1. The van der Waals surface area contributed by atoms with Crippen LogP contribution in [-0.4, -0.2) is 54.1 Å². The Morgan fingerprint density at radius 1 is 1.22 bits per heavy atom. The Kier molecular flexibility index (Phi) is 4.12. The monoisotopic (exact) mass is 315 g/mol. The van der Waals surface area contributed by atoms with E-state index in [1.165, 1.54) is 30.7 Å². The fourth-order valence-electron chi connectivity index (χ4n) is 4.33. The molecule has 3 fully saturated rings. The smallest absolute Gasteiger partial charge is 0.318 e. The van der Waals surface area contributed by atoms with Crippen molar-refractivity contribution in [1.82, 2.24) is 4.90 Å². The van der Waals surface area contributed by atoms with Crippen LogP contribution in [0.3, 0.4) is 0 Å². The highest BCUT2D eigenvalue weighted by molar-refractivity contribution is 5.85. The first-order chi connectivity index (χ1) is 11.3. The molecule has 0 saturated carbocycles. The molecule has 0 unspecified atom stereocenters. The number of hydrogen-bond acceptors (Lipinski definition) is 2. The molecular formula is C19H27N2O2+. The van der Waals surface area contributed by atoms with Gasteiger partial charge in [-0.3, -0.25) is 9.31 Å². The summed E-state index contributed by atoms with van der Waals surface area (Å²) in [5.41, 5.74) is 1.38. The predicted octanol–water partition coefficient (Wildman–Crippen LogP) is 2.62. The third-order valence-electron chi connectivity index (χ3n) is 5.48. The number of methoxy groups -OCH3 is 1. The van der Waals surface area contributed by atoms with E-state index in [0.717, 1.165) is 38.9 Å². The van der Waals surface area contributed by atoms with Crippen LogP contribution in [0.1, 0.15) is 37.7 Å². The van der Waals surface area contributed by atoms with Crippen LogP contribution in [-0.2, 0) is 15.9 Å². The van der Waals surface area contributed by atoms with Gasteiger partial charge in [0.05, 0.1) is 19.6 Å². The van der Waals surface area contributed by atoms with Gasteiger partial charge in [-0.1, -0.05) is 30.3 Å². The average Bonchev–Trinajstić information content (AvgIpc) is 3.19. The lowest BCUT2D eigenvalue weighted by Crippen LogP contribution is -2.50. The van der Waals surface area contributed by atoms with E-state index in [4.69, 9.17) is 9.47 Å². The zero-order valence-corrected chi connectivity index (χ0v) is 14.0. The van der Waals surface area contributed by atoms with Gasteiger partial charge in [0.1, 0.15) is 0 Å². The van der Waals surface area contributed by atoms with Crippen molar-refractivity contribution in [2.75, 3.05) is 26.7 Å². The zero-order valence-electron chi connectivity index (χ0n) is 14.0. The van der Waals surface area contributed by atoms with Crippen molar-refractivity contribution in [3.63, 3.8) is 0 Å². The highest BCUT2D eigenvalue weighted by Crippen LogP contribution is 2.41. The molecule has 4 rings (SSSR count). The Labute approximate surface area is 138 Å². The quantitative estimate of drug-likeness (QED) is 0.799. The molecule has 3 heterocycles. The van der Waals surface area contributed by atoms with Crippen LogP contribution in [0.5, 0.6) is 0 Å². The van der Waals surface area contributed by atoms with Gasteiger partial charge in [0.2, 0.25) is 0 Å². The Balaban J connectivity index is 1.63. The van der Waals surface area contributed by atoms with Crippen LogP contribution in [0.2, 0.25) is 0 Å². The van der Waals surface area contributed by atoms with E-state index in [0.29, 0.717) is 0 Å². The number of ether oxygens (including phenoxy) is 2. The van der Waals surface area contributed by atoms with Gasteiger partial charge in [0.15, 0.2) is 6.10 Å². The summed E-state index contributed by atoms with van der Waals surface area (Å²) in [4.78, 5) is 2.43. The average molecular weight is 315 g/mol. The predicted molar refractivity (Wildman–Crippen MR) is 89.6 cm³/mol. The topological polar surface area (TPSA) is 24.7 Å². The first-order valence-electron chi connectivity index (χ1n) is 8.99. The number of likely N-dealkylation sites (tertiary alicyclic amines) is 1. The summed E-state index contributed by atoms with van der Waals surface area (Å²) in [6.07, 6.45) is 7.10. The largest absolute Gasteiger partial charge is 0.323 e. The van der Waals surface area contributed by atoms with Crippen LogP contribution in [0.25, 0.3) is 0 Å². The number of hydrogen-bond donors (Lipinski definition) is 0. The number of benzene rings is 1. The molecular weight excluding hydrogens is 288 g/mol. The van der Waals surface area contributed by atoms with Gasteiger partial charge in [-0.2, -0.15) is 0 Å². The summed E-state index contributed by atoms with van der Waals surface area (Å²) in [6, 6.07) is 10.7. The molecule has 3 saturated heterocycles. The van der Waals surface area contributed by atoms with E-state index >= 15 is 0 Å². The first-order valence-corrected chi connectivity index (χ1v) is 8.99. The molecule has 0 amide bonds. The van der Waals surface area contributed by atoms with Crippen LogP contribution < -0.4 is 0 Å². The fourth-order valence-corrected chi connectivity index (χ4v) is 4.33. The Hall–Kier alpha value is -1.39. The van der Waals surface area contributed by atoms with Gasteiger partial charge in [-0.05, 0) is 31.2 Å². The number of rotatable bonds is 4. The molecule has 23 heavy (non-hydrogen) atoms. The van der Waals surface area contributed by atoms with E-state index in [1.807, 2.05) is 0 Å².